The van der Waals surface area contributed by atoms with Crippen molar-refractivity contribution in [1.29, 1.82) is 5.26 Å². The Bertz CT molecular complexity index is 1070. The van der Waals surface area contributed by atoms with E-state index < -0.39 is 0 Å². The minimum Gasteiger partial charge on any atom is -0.397 e. The Morgan fingerprint density at radius 2 is 1.76 bits per heavy atom. The van der Waals surface area contributed by atoms with Crippen LogP contribution in [0.2, 0.25) is 0 Å². The molecule has 2 heterocycles. The molecule has 5 nitrogen and oxygen atoms in total. The van der Waals surface area contributed by atoms with Crippen molar-refractivity contribution in [1.82, 2.24) is 9.55 Å². The van der Waals surface area contributed by atoms with Gasteiger partial charge in [0.2, 0.25) is 0 Å². The number of anilines is 3. The maximum absolute atomic E-state index is 8.86. The number of nitrogens with one attached hydrogen (secondary N) is 1. The summed E-state index contributed by atoms with van der Waals surface area (Å²) in [6.07, 6.45) is 3.65. The number of hydrogen-bond donors (Lipinski definition) is 2. The maximum atomic E-state index is 8.86. The molecule has 0 aliphatic heterocycles. The van der Waals surface area contributed by atoms with Crippen LogP contribution >= 0.6 is 0 Å². The summed E-state index contributed by atoms with van der Waals surface area (Å²) in [5.74, 6) is 0.831. The van der Waals surface area contributed by atoms with Crippen LogP contribution in [0.5, 0.6) is 0 Å². The molecule has 0 bridgehead atoms. The van der Waals surface area contributed by atoms with Crippen LogP contribution in [0.1, 0.15) is 5.56 Å². The third kappa shape index (κ3) is 2.89. The molecule has 0 fully saturated rings. The Morgan fingerprint density at radius 3 is 2.48 bits per heavy atom. The highest BCUT2D eigenvalue weighted by Crippen LogP contribution is 2.25. The number of nitriles is 1. The third-order valence-electron chi connectivity index (χ3n) is 4.01. The highest BCUT2D eigenvalue weighted by atomic mass is 15.0. The van der Waals surface area contributed by atoms with Gasteiger partial charge in [0, 0.05) is 23.0 Å². The first-order chi connectivity index (χ1) is 12.2. The molecule has 5 heteroatoms. The number of nitrogen functional groups attached to an aromatic ring is 1. The van der Waals surface area contributed by atoms with E-state index in [0.717, 1.165) is 28.1 Å². The highest BCUT2D eigenvalue weighted by molar-refractivity contribution is 5.86. The molecule has 120 valence electrons. The van der Waals surface area contributed by atoms with E-state index in [9.17, 15) is 0 Å². The van der Waals surface area contributed by atoms with Crippen molar-refractivity contribution in [2.45, 2.75) is 0 Å². The smallest absolute Gasteiger partial charge is 0.137 e. The normalized spacial score (nSPS) is 10.5. The quantitative estimate of drug-likeness (QED) is 0.591. The van der Waals surface area contributed by atoms with E-state index >= 15 is 0 Å². The van der Waals surface area contributed by atoms with Gasteiger partial charge in [0.15, 0.2) is 0 Å². The molecule has 0 saturated carbocycles. The van der Waals surface area contributed by atoms with Crippen LogP contribution in [0.4, 0.5) is 17.1 Å². The van der Waals surface area contributed by atoms with Gasteiger partial charge in [-0.25, -0.2) is 4.98 Å². The summed E-state index contributed by atoms with van der Waals surface area (Å²) in [5, 5.41) is 13.3. The Morgan fingerprint density at radius 1 is 0.960 bits per heavy atom. The van der Waals surface area contributed by atoms with Gasteiger partial charge in [-0.3, -0.25) is 0 Å². The minimum atomic E-state index is 0.647. The molecule has 3 N–H and O–H groups in total. The summed E-state index contributed by atoms with van der Waals surface area (Å²) in [6.45, 7) is 0. The number of benzene rings is 2. The van der Waals surface area contributed by atoms with Gasteiger partial charge in [0.1, 0.15) is 5.82 Å². The van der Waals surface area contributed by atoms with E-state index in [4.69, 9.17) is 11.0 Å². The van der Waals surface area contributed by atoms with Gasteiger partial charge in [-0.05, 0) is 60.7 Å². The van der Waals surface area contributed by atoms with E-state index in [1.54, 1.807) is 18.3 Å². The van der Waals surface area contributed by atoms with Crippen LogP contribution < -0.4 is 11.1 Å². The van der Waals surface area contributed by atoms with Gasteiger partial charge in [-0.1, -0.05) is 0 Å². The van der Waals surface area contributed by atoms with E-state index in [2.05, 4.69) is 34.6 Å². The lowest BCUT2D eigenvalue weighted by atomic mass is 10.2. The zero-order chi connectivity index (χ0) is 17.2. The van der Waals surface area contributed by atoms with Crippen molar-refractivity contribution < 1.29 is 0 Å². The van der Waals surface area contributed by atoms with Crippen LogP contribution in [0, 0.1) is 11.3 Å². The standard InChI is InChI=1S/C20H15N5/c21-12-14-1-4-17(5-2-14)24-18-6-7-19-15(11-18)9-10-25(19)20-8-3-16(22)13-23-20/h1-11,13,24H,22H2. The van der Waals surface area contributed by atoms with Crippen molar-refractivity contribution in [3.8, 4) is 11.9 Å². The first kappa shape index (κ1) is 14.8. The van der Waals surface area contributed by atoms with E-state index in [1.165, 1.54) is 0 Å². The second kappa shape index (κ2) is 6.02. The Hall–Kier alpha value is -3.78. The second-order valence-electron chi connectivity index (χ2n) is 5.72. The molecule has 4 rings (SSSR count). The third-order valence-corrected chi connectivity index (χ3v) is 4.01. The number of fused-ring (bicyclic) bond motifs is 1. The molecule has 0 aliphatic carbocycles. The Balaban J connectivity index is 1.65. The Labute approximate surface area is 145 Å². The summed E-state index contributed by atoms with van der Waals surface area (Å²) in [7, 11) is 0. The van der Waals surface area contributed by atoms with Gasteiger partial charge in [0.05, 0.1) is 29.0 Å². The Kier molecular flexibility index (Phi) is 3.56. The molecule has 0 unspecified atom stereocenters. The zero-order valence-electron chi connectivity index (χ0n) is 13.3. The largest absolute Gasteiger partial charge is 0.397 e. The van der Waals surface area contributed by atoms with Crippen LogP contribution in [0.25, 0.3) is 16.7 Å². The van der Waals surface area contributed by atoms with Crippen molar-refractivity contribution >= 4 is 28.0 Å². The second-order valence-corrected chi connectivity index (χ2v) is 5.72. The molecular weight excluding hydrogens is 310 g/mol. The zero-order valence-corrected chi connectivity index (χ0v) is 13.3. The predicted octanol–water partition coefficient (Wildman–Crippen LogP) is 4.22. The first-order valence-electron chi connectivity index (χ1n) is 7.83. The van der Waals surface area contributed by atoms with Crippen molar-refractivity contribution in [2.75, 3.05) is 11.1 Å². The fraction of sp³-hybridized carbons (Fsp3) is 0. The molecule has 0 aliphatic rings. The van der Waals surface area contributed by atoms with Crippen LogP contribution in [0.15, 0.2) is 73.1 Å². The predicted molar refractivity (Wildman–Crippen MR) is 99.9 cm³/mol. The SMILES string of the molecule is N#Cc1ccc(Nc2ccc3c(ccn3-c3ccc(N)cn3)c2)cc1. The summed E-state index contributed by atoms with van der Waals surface area (Å²) in [5.41, 5.74) is 10.0. The van der Waals surface area contributed by atoms with E-state index in [0.29, 0.717) is 11.3 Å². The maximum Gasteiger partial charge on any atom is 0.137 e. The topological polar surface area (TPSA) is 79.7 Å². The van der Waals surface area contributed by atoms with Crippen LogP contribution in [-0.2, 0) is 0 Å². The molecule has 0 radical (unpaired) electrons. The van der Waals surface area contributed by atoms with Gasteiger partial charge in [-0.2, -0.15) is 5.26 Å². The monoisotopic (exact) mass is 325 g/mol. The van der Waals surface area contributed by atoms with Crippen LogP contribution in [-0.4, -0.2) is 9.55 Å². The number of hydrogen-bond acceptors (Lipinski definition) is 4. The summed E-state index contributed by atoms with van der Waals surface area (Å²) < 4.78 is 2.03. The molecule has 0 atom stereocenters. The molecule has 2 aromatic heterocycles. The number of nitrogens with two attached hydrogens (primary N) is 1. The average molecular weight is 325 g/mol. The lowest BCUT2D eigenvalue weighted by Gasteiger charge is -2.08. The molecular formula is C20H15N5. The molecule has 25 heavy (non-hydrogen) atoms. The lowest BCUT2D eigenvalue weighted by Crippen LogP contribution is -1.96. The summed E-state index contributed by atoms with van der Waals surface area (Å²) >= 11 is 0. The van der Waals surface area contributed by atoms with Crippen molar-refractivity contribution in [3.05, 3.63) is 78.6 Å². The molecule has 4 aromatic rings. The number of pyridine rings is 1. The fourth-order valence-corrected chi connectivity index (χ4v) is 2.75. The molecule has 2 aromatic carbocycles. The number of nitrogens with zero attached hydrogens (tertiary/aromatic N) is 3. The van der Waals surface area contributed by atoms with Gasteiger partial charge in [0.25, 0.3) is 0 Å². The fourth-order valence-electron chi connectivity index (χ4n) is 2.75. The van der Waals surface area contributed by atoms with Gasteiger partial charge >= 0.3 is 0 Å². The highest BCUT2D eigenvalue weighted by Gasteiger charge is 2.05. The van der Waals surface area contributed by atoms with Crippen molar-refractivity contribution in [2.24, 2.45) is 0 Å². The van der Waals surface area contributed by atoms with E-state index in [-0.39, 0.29) is 0 Å². The van der Waals surface area contributed by atoms with Gasteiger partial charge < -0.3 is 15.6 Å². The number of rotatable bonds is 3. The van der Waals surface area contributed by atoms with E-state index in [1.807, 2.05) is 41.1 Å². The molecule has 0 saturated heterocycles. The average Bonchev–Trinajstić information content (AvgIpc) is 3.06. The summed E-state index contributed by atoms with van der Waals surface area (Å²) in [4.78, 5) is 4.37. The number of aromatic nitrogens is 2. The first-order valence-corrected chi connectivity index (χ1v) is 7.83. The summed E-state index contributed by atoms with van der Waals surface area (Å²) in [6, 6.07) is 21.5. The molecule has 0 spiro atoms. The van der Waals surface area contributed by atoms with Crippen LogP contribution in [0.3, 0.4) is 0 Å². The van der Waals surface area contributed by atoms with Crippen molar-refractivity contribution in [3.63, 3.8) is 0 Å². The molecule has 0 amide bonds. The lowest BCUT2D eigenvalue weighted by molar-refractivity contribution is 1.05. The minimum absolute atomic E-state index is 0.647. The van der Waals surface area contributed by atoms with Gasteiger partial charge in [-0.15, -0.1) is 0 Å².